The van der Waals surface area contributed by atoms with Crippen LogP contribution in [-0.4, -0.2) is 19.8 Å². The van der Waals surface area contributed by atoms with Crippen LogP contribution in [0.1, 0.15) is 31.4 Å². The molecule has 2 rings (SSSR count). The number of rotatable bonds is 6. The molecule has 0 amide bonds. The smallest absolute Gasteiger partial charge is 0.0667 e. The van der Waals surface area contributed by atoms with Gasteiger partial charge in [0.05, 0.1) is 6.10 Å². The molecule has 0 bridgehead atoms. The van der Waals surface area contributed by atoms with Gasteiger partial charge in [-0.05, 0) is 43.4 Å². The summed E-state index contributed by atoms with van der Waals surface area (Å²) < 4.78 is 5.27. The molecular formula is C14H20ClNO. The minimum Gasteiger partial charge on any atom is -0.380 e. The molecule has 1 aromatic carbocycles. The SMILES string of the molecule is COC(C)CNC(c1ccc(Cl)cc1)C1CC1. The van der Waals surface area contributed by atoms with E-state index in [1.165, 1.54) is 18.4 Å². The molecule has 2 unspecified atom stereocenters. The Balaban J connectivity index is 1.99. The third kappa shape index (κ3) is 3.70. The van der Waals surface area contributed by atoms with Crippen LogP contribution in [0.3, 0.4) is 0 Å². The molecule has 1 aliphatic carbocycles. The van der Waals surface area contributed by atoms with Gasteiger partial charge in [0.2, 0.25) is 0 Å². The van der Waals surface area contributed by atoms with E-state index in [0.29, 0.717) is 6.04 Å². The summed E-state index contributed by atoms with van der Waals surface area (Å²) in [5.41, 5.74) is 1.33. The van der Waals surface area contributed by atoms with Crippen molar-refractivity contribution in [2.24, 2.45) is 5.92 Å². The van der Waals surface area contributed by atoms with Crippen LogP contribution in [0, 0.1) is 5.92 Å². The first-order chi connectivity index (χ1) is 8.20. The van der Waals surface area contributed by atoms with E-state index in [4.69, 9.17) is 16.3 Å². The summed E-state index contributed by atoms with van der Waals surface area (Å²) in [5.74, 6) is 0.778. The fourth-order valence-electron chi connectivity index (χ4n) is 2.03. The van der Waals surface area contributed by atoms with E-state index in [2.05, 4.69) is 24.4 Å². The molecule has 1 aromatic rings. The lowest BCUT2D eigenvalue weighted by Gasteiger charge is -2.21. The number of halogens is 1. The lowest BCUT2D eigenvalue weighted by Crippen LogP contribution is -2.31. The van der Waals surface area contributed by atoms with Gasteiger partial charge in [-0.2, -0.15) is 0 Å². The van der Waals surface area contributed by atoms with Crippen LogP contribution in [0.5, 0.6) is 0 Å². The summed E-state index contributed by atoms with van der Waals surface area (Å²) in [5, 5.41) is 4.40. The molecule has 2 nitrogen and oxygen atoms in total. The number of methoxy groups -OCH3 is 1. The molecule has 0 radical (unpaired) electrons. The first kappa shape index (κ1) is 12.9. The molecular weight excluding hydrogens is 234 g/mol. The van der Waals surface area contributed by atoms with Crippen LogP contribution in [0.15, 0.2) is 24.3 Å². The number of nitrogens with one attached hydrogen (secondary N) is 1. The minimum atomic E-state index is 0.253. The van der Waals surface area contributed by atoms with Gasteiger partial charge in [-0.25, -0.2) is 0 Å². The van der Waals surface area contributed by atoms with E-state index in [0.717, 1.165) is 17.5 Å². The van der Waals surface area contributed by atoms with E-state index in [1.54, 1.807) is 7.11 Å². The molecule has 17 heavy (non-hydrogen) atoms. The Morgan fingerprint density at radius 1 is 1.35 bits per heavy atom. The highest BCUT2D eigenvalue weighted by atomic mass is 35.5. The van der Waals surface area contributed by atoms with E-state index in [9.17, 15) is 0 Å². The average Bonchev–Trinajstić information content (AvgIpc) is 3.15. The molecule has 1 fully saturated rings. The van der Waals surface area contributed by atoms with Crippen molar-refractivity contribution in [3.63, 3.8) is 0 Å². The zero-order valence-corrected chi connectivity index (χ0v) is 11.2. The number of hydrogen-bond acceptors (Lipinski definition) is 2. The topological polar surface area (TPSA) is 21.3 Å². The highest BCUT2D eigenvalue weighted by Crippen LogP contribution is 2.41. The highest BCUT2D eigenvalue weighted by Gasteiger charge is 2.32. The van der Waals surface area contributed by atoms with E-state index < -0.39 is 0 Å². The van der Waals surface area contributed by atoms with Crippen molar-refractivity contribution in [2.75, 3.05) is 13.7 Å². The molecule has 1 saturated carbocycles. The van der Waals surface area contributed by atoms with Crippen LogP contribution in [0.2, 0.25) is 5.02 Å². The molecule has 2 atom stereocenters. The molecule has 1 N–H and O–H groups in total. The summed E-state index contributed by atoms with van der Waals surface area (Å²) in [4.78, 5) is 0. The lowest BCUT2D eigenvalue weighted by atomic mass is 10.0. The molecule has 94 valence electrons. The fraction of sp³-hybridized carbons (Fsp3) is 0.571. The summed E-state index contributed by atoms with van der Waals surface area (Å²) >= 11 is 5.92. The van der Waals surface area contributed by atoms with Crippen molar-refractivity contribution in [3.8, 4) is 0 Å². The quantitative estimate of drug-likeness (QED) is 0.839. The monoisotopic (exact) mass is 253 g/mol. The Kier molecular flexibility index (Phi) is 4.43. The molecule has 3 heteroatoms. The van der Waals surface area contributed by atoms with Gasteiger partial charge >= 0.3 is 0 Å². The van der Waals surface area contributed by atoms with Gasteiger partial charge in [0.1, 0.15) is 0 Å². The summed E-state index contributed by atoms with van der Waals surface area (Å²) in [6.07, 6.45) is 2.90. The van der Waals surface area contributed by atoms with Crippen LogP contribution in [-0.2, 0) is 4.74 Å². The zero-order chi connectivity index (χ0) is 12.3. The van der Waals surface area contributed by atoms with Crippen molar-refractivity contribution in [1.82, 2.24) is 5.32 Å². The first-order valence-electron chi connectivity index (χ1n) is 6.22. The van der Waals surface area contributed by atoms with Crippen molar-refractivity contribution < 1.29 is 4.74 Å². The lowest BCUT2D eigenvalue weighted by molar-refractivity contribution is 0.113. The summed E-state index contributed by atoms with van der Waals surface area (Å²) in [6, 6.07) is 8.62. The maximum Gasteiger partial charge on any atom is 0.0667 e. The van der Waals surface area contributed by atoms with Gasteiger partial charge in [0.25, 0.3) is 0 Å². The van der Waals surface area contributed by atoms with Crippen molar-refractivity contribution in [1.29, 1.82) is 0 Å². The molecule has 0 aliphatic heterocycles. The Morgan fingerprint density at radius 3 is 2.53 bits per heavy atom. The number of benzene rings is 1. The van der Waals surface area contributed by atoms with Gasteiger partial charge in [-0.3, -0.25) is 0 Å². The second kappa shape index (κ2) is 5.85. The average molecular weight is 254 g/mol. The third-order valence-electron chi connectivity index (χ3n) is 3.35. The maximum absolute atomic E-state index is 5.92. The Bertz CT molecular complexity index is 348. The standard InChI is InChI=1S/C14H20ClNO/c1-10(17-2)9-16-14(11-3-4-11)12-5-7-13(15)8-6-12/h5-8,10-11,14,16H,3-4,9H2,1-2H3. The molecule has 0 saturated heterocycles. The molecule has 0 heterocycles. The first-order valence-corrected chi connectivity index (χ1v) is 6.60. The number of ether oxygens (including phenoxy) is 1. The van der Waals surface area contributed by atoms with Crippen LogP contribution in [0.4, 0.5) is 0 Å². The van der Waals surface area contributed by atoms with Crippen LogP contribution < -0.4 is 5.32 Å². The van der Waals surface area contributed by atoms with Crippen molar-refractivity contribution in [2.45, 2.75) is 31.9 Å². The van der Waals surface area contributed by atoms with Gasteiger partial charge in [0.15, 0.2) is 0 Å². The predicted molar refractivity (Wildman–Crippen MR) is 71.4 cm³/mol. The van der Waals surface area contributed by atoms with Gasteiger partial charge in [-0.1, -0.05) is 23.7 Å². The van der Waals surface area contributed by atoms with Gasteiger partial charge in [0, 0.05) is 24.7 Å². The van der Waals surface area contributed by atoms with Crippen LogP contribution >= 0.6 is 11.6 Å². The largest absolute Gasteiger partial charge is 0.380 e. The second-order valence-corrected chi connectivity index (χ2v) is 5.26. The zero-order valence-electron chi connectivity index (χ0n) is 10.4. The van der Waals surface area contributed by atoms with Crippen LogP contribution in [0.25, 0.3) is 0 Å². The fourth-order valence-corrected chi connectivity index (χ4v) is 2.16. The molecule has 0 spiro atoms. The molecule has 1 aliphatic rings. The van der Waals surface area contributed by atoms with Crippen molar-refractivity contribution in [3.05, 3.63) is 34.9 Å². The third-order valence-corrected chi connectivity index (χ3v) is 3.60. The number of hydrogen-bond donors (Lipinski definition) is 1. The van der Waals surface area contributed by atoms with E-state index in [-0.39, 0.29) is 6.10 Å². The van der Waals surface area contributed by atoms with Crippen molar-refractivity contribution >= 4 is 11.6 Å². The maximum atomic E-state index is 5.92. The second-order valence-electron chi connectivity index (χ2n) is 4.82. The van der Waals surface area contributed by atoms with E-state index in [1.807, 2.05) is 12.1 Å². The minimum absolute atomic E-state index is 0.253. The van der Waals surface area contributed by atoms with Gasteiger partial charge < -0.3 is 10.1 Å². The van der Waals surface area contributed by atoms with E-state index >= 15 is 0 Å². The summed E-state index contributed by atoms with van der Waals surface area (Å²) in [6.45, 7) is 2.97. The Morgan fingerprint density at radius 2 is 2.00 bits per heavy atom. The molecule has 0 aromatic heterocycles. The summed E-state index contributed by atoms with van der Waals surface area (Å²) in [7, 11) is 1.75. The van der Waals surface area contributed by atoms with Gasteiger partial charge in [-0.15, -0.1) is 0 Å². The Labute approximate surface area is 108 Å². The normalized spacial score (nSPS) is 19.0. The predicted octanol–water partition coefficient (Wildman–Crippen LogP) is 3.42. The Hall–Kier alpha value is -0.570. The highest BCUT2D eigenvalue weighted by molar-refractivity contribution is 6.30.